The molecule has 2 aromatic rings. The lowest BCUT2D eigenvalue weighted by Crippen LogP contribution is -2.51. The van der Waals surface area contributed by atoms with Crippen molar-refractivity contribution in [1.29, 1.82) is 0 Å². The Bertz CT molecular complexity index is 1110. The standard InChI is InChI=1S/C24H24ClN5O/c1-28-10-4-5-17(16-28)24(31)30-13-11-29(12-14-30)23-19-6-2-3-7-20(19)26-21-9-8-18(25)15-22(21)27-23/h2-4,6-10,15-16,26H,5,11-14H2,1H3. The van der Waals surface area contributed by atoms with E-state index in [1.54, 1.807) is 0 Å². The average Bonchev–Trinajstić information content (AvgIpc) is 2.95. The highest BCUT2D eigenvalue weighted by Gasteiger charge is 2.28. The van der Waals surface area contributed by atoms with Crippen molar-refractivity contribution in [3.63, 3.8) is 0 Å². The molecule has 0 saturated carbocycles. The smallest absolute Gasteiger partial charge is 0.251 e. The van der Waals surface area contributed by atoms with Crippen molar-refractivity contribution < 1.29 is 4.79 Å². The number of para-hydroxylation sites is 1. The van der Waals surface area contributed by atoms with E-state index < -0.39 is 0 Å². The molecule has 0 atom stereocenters. The molecule has 0 aromatic heterocycles. The SMILES string of the molecule is CN1C=CCC(C(=O)N2CCN(C3=Nc4cc(Cl)ccc4Nc4ccccc43)CC2)=C1. The number of piperazine rings is 1. The van der Waals surface area contributed by atoms with Crippen LogP contribution in [-0.4, -0.2) is 59.7 Å². The number of hydrogen-bond acceptors (Lipinski definition) is 5. The number of anilines is 2. The molecule has 1 fully saturated rings. The third-order valence-corrected chi connectivity index (χ3v) is 6.04. The van der Waals surface area contributed by atoms with Gasteiger partial charge < -0.3 is 20.0 Å². The molecule has 0 bridgehead atoms. The highest BCUT2D eigenvalue weighted by Crippen LogP contribution is 2.36. The number of halogens is 1. The van der Waals surface area contributed by atoms with Crippen molar-refractivity contribution in [3.8, 4) is 0 Å². The molecule has 0 radical (unpaired) electrons. The van der Waals surface area contributed by atoms with Gasteiger partial charge >= 0.3 is 0 Å². The number of carbonyl (C=O) groups excluding carboxylic acids is 1. The van der Waals surface area contributed by atoms with Crippen LogP contribution in [0.15, 0.2) is 71.5 Å². The number of nitrogens with zero attached hydrogens (tertiary/aromatic N) is 4. The van der Waals surface area contributed by atoms with Crippen molar-refractivity contribution in [1.82, 2.24) is 14.7 Å². The van der Waals surface area contributed by atoms with Gasteiger partial charge in [0.1, 0.15) is 5.84 Å². The molecule has 0 aliphatic carbocycles. The number of fused-ring (bicyclic) bond motifs is 2. The van der Waals surface area contributed by atoms with E-state index in [-0.39, 0.29) is 5.91 Å². The van der Waals surface area contributed by atoms with Gasteiger partial charge in [-0.15, -0.1) is 0 Å². The molecule has 6 nitrogen and oxygen atoms in total. The maximum absolute atomic E-state index is 13.0. The quantitative estimate of drug-likeness (QED) is 0.726. The molecule has 31 heavy (non-hydrogen) atoms. The summed E-state index contributed by atoms with van der Waals surface area (Å²) in [6.45, 7) is 2.79. The Balaban J connectivity index is 1.39. The second-order valence-electron chi connectivity index (χ2n) is 7.96. The first-order valence-corrected chi connectivity index (χ1v) is 10.8. The molecule has 1 amide bonds. The van der Waals surface area contributed by atoms with Crippen LogP contribution < -0.4 is 5.32 Å². The Morgan fingerprint density at radius 1 is 1.06 bits per heavy atom. The number of aliphatic imine (C=N–C) groups is 1. The number of rotatable bonds is 1. The van der Waals surface area contributed by atoms with Crippen molar-refractivity contribution >= 4 is 40.4 Å². The van der Waals surface area contributed by atoms with Crippen LogP contribution in [-0.2, 0) is 4.79 Å². The molecule has 2 aromatic carbocycles. The first-order valence-electron chi connectivity index (χ1n) is 10.5. The van der Waals surface area contributed by atoms with Gasteiger partial charge in [0.2, 0.25) is 0 Å². The van der Waals surface area contributed by atoms with Crippen molar-refractivity contribution in [2.75, 3.05) is 38.5 Å². The molecule has 3 aliphatic rings. The van der Waals surface area contributed by atoms with Crippen molar-refractivity contribution in [2.24, 2.45) is 4.99 Å². The maximum atomic E-state index is 13.0. The van der Waals surface area contributed by atoms with E-state index in [0.29, 0.717) is 24.5 Å². The highest BCUT2D eigenvalue weighted by atomic mass is 35.5. The van der Waals surface area contributed by atoms with Crippen LogP contribution in [0.5, 0.6) is 0 Å². The van der Waals surface area contributed by atoms with E-state index >= 15 is 0 Å². The molecular formula is C24H24ClN5O. The van der Waals surface area contributed by atoms with E-state index in [2.05, 4.69) is 22.3 Å². The fraction of sp³-hybridized carbons (Fsp3) is 0.250. The zero-order chi connectivity index (χ0) is 21.4. The third-order valence-electron chi connectivity index (χ3n) is 5.80. The summed E-state index contributed by atoms with van der Waals surface area (Å²) >= 11 is 6.24. The van der Waals surface area contributed by atoms with E-state index in [9.17, 15) is 4.79 Å². The molecule has 1 N–H and O–H groups in total. The summed E-state index contributed by atoms with van der Waals surface area (Å²) < 4.78 is 0. The Kier molecular flexibility index (Phi) is 5.16. The first kappa shape index (κ1) is 19.7. The summed E-state index contributed by atoms with van der Waals surface area (Å²) in [6, 6.07) is 13.9. The summed E-state index contributed by atoms with van der Waals surface area (Å²) in [5.41, 5.74) is 4.66. The molecule has 3 heterocycles. The topological polar surface area (TPSA) is 51.2 Å². The lowest BCUT2D eigenvalue weighted by atomic mass is 10.1. The number of allylic oxidation sites excluding steroid dienone is 1. The zero-order valence-corrected chi connectivity index (χ0v) is 18.1. The number of amidine groups is 1. The van der Waals surface area contributed by atoms with Gasteiger partial charge in [0.25, 0.3) is 5.91 Å². The Morgan fingerprint density at radius 3 is 2.68 bits per heavy atom. The van der Waals surface area contributed by atoms with E-state index in [0.717, 1.165) is 47.1 Å². The summed E-state index contributed by atoms with van der Waals surface area (Å²) in [6.07, 6.45) is 6.62. The minimum absolute atomic E-state index is 0.123. The van der Waals surface area contributed by atoms with Crippen LogP contribution in [0.1, 0.15) is 12.0 Å². The second-order valence-corrected chi connectivity index (χ2v) is 8.39. The van der Waals surface area contributed by atoms with Crippen LogP contribution in [0.2, 0.25) is 5.02 Å². The lowest BCUT2D eigenvalue weighted by Gasteiger charge is -2.37. The lowest BCUT2D eigenvalue weighted by molar-refractivity contribution is -0.128. The molecule has 0 unspecified atom stereocenters. The van der Waals surface area contributed by atoms with Crippen molar-refractivity contribution in [2.45, 2.75) is 6.42 Å². The van der Waals surface area contributed by atoms with E-state index in [1.807, 2.05) is 65.7 Å². The van der Waals surface area contributed by atoms with Gasteiger partial charge in [0.05, 0.1) is 11.4 Å². The molecular weight excluding hydrogens is 410 g/mol. The van der Waals surface area contributed by atoms with Gasteiger partial charge in [-0.25, -0.2) is 4.99 Å². The monoisotopic (exact) mass is 433 g/mol. The molecule has 158 valence electrons. The number of hydrogen-bond donors (Lipinski definition) is 1. The van der Waals surface area contributed by atoms with Gasteiger partial charge in [-0.05, 0) is 43.0 Å². The van der Waals surface area contributed by atoms with Gasteiger partial charge in [-0.1, -0.05) is 29.8 Å². The minimum Gasteiger partial charge on any atom is -0.357 e. The average molecular weight is 434 g/mol. The van der Waals surface area contributed by atoms with Crippen LogP contribution >= 0.6 is 11.6 Å². The van der Waals surface area contributed by atoms with Crippen LogP contribution in [0.3, 0.4) is 0 Å². The predicted octanol–water partition coefficient (Wildman–Crippen LogP) is 4.35. The molecule has 1 saturated heterocycles. The zero-order valence-electron chi connectivity index (χ0n) is 17.4. The first-order chi connectivity index (χ1) is 15.1. The Hall–Kier alpha value is -3.25. The third kappa shape index (κ3) is 3.91. The number of nitrogens with one attached hydrogen (secondary N) is 1. The van der Waals surface area contributed by atoms with Gasteiger partial charge in [0.15, 0.2) is 0 Å². The van der Waals surface area contributed by atoms with Crippen LogP contribution in [0, 0.1) is 0 Å². The molecule has 0 spiro atoms. The fourth-order valence-corrected chi connectivity index (χ4v) is 4.37. The van der Waals surface area contributed by atoms with Gasteiger partial charge in [-0.2, -0.15) is 0 Å². The predicted molar refractivity (Wildman–Crippen MR) is 125 cm³/mol. The second kappa shape index (κ2) is 8.12. The van der Waals surface area contributed by atoms with Crippen molar-refractivity contribution in [3.05, 3.63) is 77.1 Å². The summed E-state index contributed by atoms with van der Waals surface area (Å²) in [4.78, 5) is 24.1. The normalized spacial score (nSPS) is 17.8. The Morgan fingerprint density at radius 2 is 1.87 bits per heavy atom. The van der Waals surface area contributed by atoms with E-state index in [4.69, 9.17) is 16.6 Å². The van der Waals surface area contributed by atoms with E-state index in [1.165, 1.54) is 0 Å². The van der Waals surface area contributed by atoms with Crippen LogP contribution in [0.25, 0.3) is 0 Å². The maximum Gasteiger partial charge on any atom is 0.251 e. The summed E-state index contributed by atoms with van der Waals surface area (Å²) in [5.74, 6) is 1.04. The summed E-state index contributed by atoms with van der Waals surface area (Å²) in [5, 5.41) is 4.15. The number of benzene rings is 2. The minimum atomic E-state index is 0.123. The molecule has 7 heteroatoms. The molecule has 5 rings (SSSR count). The Labute approximate surface area is 187 Å². The fourth-order valence-electron chi connectivity index (χ4n) is 4.21. The highest BCUT2D eigenvalue weighted by molar-refractivity contribution is 6.31. The summed E-state index contributed by atoms with van der Waals surface area (Å²) in [7, 11) is 1.95. The molecule has 3 aliphatic heterocycles. The van der Waals surface area contributed by atoms with Gasteiger partial charge in [-0.3, -0.25) is 4.79 Å². The number of carbonyl (C=O) groups is 1. The van der Waals surface area contributed by atoms with Crippen LogP contribution in [0.4, 0.5) is 17.1 Å². The van der Waals surface area contributed by atoms with Gasteiger partial charge in [0, 0.05) is 61.3 Å². The number of amides is 1. The largest absolute Gasteiger partial charge is 0.357 e.